The molecule has 3 aliphatic rings. The molecular weight excluding hydrogens is 460 g/mol. The number of carbonyl (C=O) groups is 1. The minimum Gasteiger partial charge on any atom is -0.481 e. The molecular formula is C33H58O4. The lowest BCUT2D eigenvalue weighted by molar-refractivity contribution is -0.332. The number of aliphatic carboxylic acids is 1. The molecule has 3 saturated carbocycles. The van der Waals surface area contributed by atoms with Crippen LogP contribution in [-0.2, 0) is 9.68 Å². The topological polar surface area (TPSA) is 66.8 Å². The summed E-state index contributed by atoms with van der Waals surface area (Å²) in [6, 6.07) is 0. The molecule has 0 amide bonds. The Morgan fingerprint density at radius 2 is 1.62 bits per heavy atom. The molecule has 2 N–H and O–H groups in total. The standard InChI is InChI=1S/C28H50O4.C3H6.C2H2/c1-9-11-19(18(3)24(29)30)20-12-13-22-26(6)16-15-23(32-31)25(4,5)21(26)14-17-28(22,8)27(20,7)10-2;1-3-2;1-2/h18-23,31H,9-17H2,1-8H3,(H,29,30);3H,1H2,2H3;1-2H/t18-,19?,20+,21?,22?,23?,26-,27+,28+;;/m0../s1. The van der Waals surface area contributed by atoms with E-state index in [0.717, 1.165) is 38.5 Å². The van der Waals surface area contributed by atoms with Crippen LogP contribution in [0.25, 0.3) is 0 Å². The highest BCUT2D eigenvalue weighted by molar-refractivity contribution is 5.69. The van der Waals surface area contributed by atoms with Gasteiger partial charge >= 0.3 is 5.97 Å². The number of rotatable bonds is 7. The predicted octanol–water partition coefficient (Wildman–Crippen LogP) is 9.11. The van der Waals surface area contributed by atoms with Gasteiger partial charge in [-0.2, -0.15) is 0 Å². The van der Waals surface area contributed by atoms with Gasteiger partial charge < -0.3 is 5.11 Å². The van der Waals surface area contributed by atoms with Crippen LogP contribution in [-0.4, -0.2) is 22.4 Å². The molecule has 4 heteroatoms. The average molecular weight is 519 g/mol. The van der Waals surface area contributed by atoms with E-state index in [9.17, 15) is 15.2 Å². The van der Waals surface area contributed by atoms with Crippen LogP contribution in [0.4, 0.5) is 0 Å². The molecule has 0 aliphatic heterocycles. The zero-order valence-electron chi connectivity index (χ0n) is 25.5. The van der Waals surface area contributed by atoms with Crippen molar-refractivity contribution in [2.75, 3.05) is 0 Å². The van der Waals surface area contributed by atoms with Crippen molar-refractivity contribution in [3.05, 3.63) is 12.7 Å². The number of hydrogen-bond acceptors (Lipinski definition) is 3. The molecule has 0 radical (unpaired) electrons. The zero-order chi connectivity index (χ0) is 28.8. The summed E-state index contributed by atoms with van der Waals surface area (Å²) in [5, 5.41) is 19.5. The van der Waals surface area contributed by atoms with Crippen LogP contribution in [0.5, 0.6) is 0 Å². The third kappa shape index (κ3) is 5.69. The summed E-state index contributed by atoms with van der Waals surface area (Å²) in [5.41, 5.74) is 0.557. The van der Waals surface area contributed by atoms with E-state index in [0.29, 0.717) is 17.8 Å². The predicted molar refractivity (Wildman–Crippen MR) is 155 cm³/mol. The van der Waals surface area contributed by atoms with Crippen LogP contribution in [0, 0.1) is 64.1 Å². The van der Waals surface area contributed by atoms with Gasteiger partial charge in [0, 0.05) is 0 Å². The van der Waals surface area contributed by atoms with Gasteiger partial charge in [-0.1, -0.05) is 67.9 Å². The summed E-state index contributed by atoms with van der Waals surface area (Å²) < 4.78 is 0. The fourth-order valence-corrected chi connectivity index (χ4v) is 9.81. The second-order valence-electron chi connectivity index (χ2n) is 13.5. The van der Waals surface area contributed by atoms with Crippen molar-refractivity contribution >= 4 is 5.97 Å². The summed E-state index contributed by atoms with van der Waals surface area (Å²) >= 11 is 0. The highest BCUT2D eigenvalue weighted by Crippen LogP contribution is 2.73. The summed E-state index contributed by atoms with van der Waals surface area (Å²) in [6.45, 7) is 24.0. The molecule has 3 aliphatic carbocycles. The van der Waals surface area contributed by atoms with Crippen molar-refractivity contribution in [1.29, 1.82) is 0 Å². The molecule has 214 valence electrons. The molecule has 0 aromatic carbocycles. The largest absolute Gasteiger partial charge is 0.481 e. The van der Waals surface area contributed by atoms with Crippen LogP contribution in [0.1, 0.15) is 120 Å². The van der Waals surface area contributed by atoms with E-state index in [2.05, 4.69) is 67.9 Å². The first-order valence-corrected chi connectivity index (χ1v) is 14.7. The molecule has 0 spiro atoms. The monoisotopic (exact) mass is 518 g/mol. The van der Waals surface area contributed by atoms with E-state index >= 15 is 0 Å². The highest BCUT2D eigenvalue weighted by atomic mass is 17.1. The normalized spacial score (nSPS) is 39.7. The van der Waals surface area contributed by atoms with Crippen LogP contribution < -0.4 is 0 Å². The lowest BCUT2D eigenvalue weighted by atomic mass is 9.34. The quantitative estimate of drug-likeness (QED) is 0.153. The Labute approximate surface area is 229 Å². The van der Waals surface area contributed by atoms with Crippen molar-refractivity contribution in [1.82, 2.24) is 0 Å². The third-order valence-corrected chi connectivity index (χ3v) is 11.9. The molecule has 0 aromatic heterocycles. The Morgan fingerprint density at radius 3 is 2.08 bits per heavy atom. The third-order valence-electron chi connectivity index (χ3n) is 11.9. The maximum absolute atomic E-state index is 12.1. The van der Waals surface area contributed by atoms with Gasteiger partial charge in [-0.3, -0.25) is 10.1 Å². The van der Waals surface area contributed by atoms with Gasteiger partial charge in [0.25, 0.3) is 0 Å². The van der Waals surface area contributed by atoms with Gasteiger partial charge in [0.15, 0.2) is 0 Å². The van der Waals surface area contributed by atoms with Gasteiger partial charge in [0.1, 0.15) is 0 Å². The van der Waals surface area contributed by atoms with Crippen molar-refractivity contribution in [2.24, 2.45) is 51.2 Å². The molecule has 0 saturated heterocycles. The summed E-state index contributed by atoms with van der Waals surface area (Å²) in [6.07, 6.45) is 19.6. The molecule has 3 fully saturated rings. The van der Waals surface area contributed by atoms with Crippen LogP contribution in [0.3, 0.4) is 0 Å². The Bertz CT molecular complexity index is 772. The van der Waals surface area contributed by atoms with Crippen molar-refractivity contribution < 1.29 is 20.0 Å². The van der Waals surface area contributed by atoms with Gasteiger partial charge in [-0.15, -0.1) is 19.4 Å². The van der Waals surface area contributed by atoms with E-state index in [4.69, 9.17) is 4.89 Å². The second-order valence-corrected chi connectivity index (χ2v) is 13.5. The molecule has 4 nitrogen and oxygen atoms in total. The van der Waals surface area contributed by atoms with Crippen molar-refractivity contribution in [3.63, 3.8) is 0 Å². The second kappa shape index (κ2) is 13.2. The molecule has 9 atom stereocenters. The Balaban J connectivity index is 0.00000127. The number of hydrogen-bond donors (Lipinski definition) is 2. The fraction of sp³-hybridized carbons (Fsp3) is 0.848. The number of carboxylic acid groups (broad SMARTS) is 1. The van der Waals surface area contributed by atoms with Crippen molar-refractivity contribution in [2.45, 2.75) is 126 Å². The molecule has 37 heavy (non-hydrogen) atoms. The van der Waals surface area contributed by atoms with Gasteiger partial charge in [0.05, 0.1) is 12.0 Å². The minimum atomic E-state index is -0.631. The lowest BCUT2D eigenvalue weighted by Crippen LogP contribution is -2.65. The summed E-state index contributed by atoms with van der Waals surface area (Å²) in [5.74, 6) is 0.978. The number of fused-ring (bicyclic) bond motifs is 3. The molecule has 0 aromatic rings. The van der Waals surface area contributed by atoms with Crippen LogP contribution >= 0.6 is 0 Å². The van der Waals surface area contributed by atoms with Gasteiger partial charge in [-0.05, 0) is 104 Å². The maximum atomic E-state index is 12.1. The average Bonchev–Trinajstić information content (AvgIpc) is 2.85. The SMILES string of the molecule is C#C.C=CC.CCCC([C@H](C)C(=O)O)[C@H]1CCC2[C@@]3(C)CCC(OO)C(C)(C)C3CC[C@@]2(C)[C@]1(C)CC. The van der Waals surface area contributed by atoms with E-state index in [1.54, 1.807) is 6.08 Å². The first kappa shape index (κ1) is 33.7. The highest BCUT2D eigenvalue weighted by Gasteiger charge is 2.67. The Morgan fingerprint density at radius 1 is 1.05 bits per heavy atom. The van der Waals surface area contributed by atoms with Crippen LogP contribution in [0.2, 0.25) is 0 Å². The van der Waals surface area contributed by atoms with Gasteiger partial charge in [-0.25, -0.2) is 4.89 Å². The first-order valence-electron chi connectivity index (χ1n) is 14.7. The van der Waals surface area contributed by atoms with Crippen molar-refractivity contribution in [3.8, 4) is 12.8 Å². The first-order chi connectivity index (χ1) is 17.3. The Kier molecular flexibility index (Phi) is 12.0. The number of terminal acetylenes is 1. The minimum absolute atomic E-state index is 0.0366. The van der Waals surface area contributed by atoms with E-state index in [-0.39, 0.29) is 39.6 Å². The van der Waals surface area contributed by atoms with Crippen LogP contribution in [0.15, 0.2) is 12.7 Å². The van der Waals surface area contributed by atoms with E-state index in [1.165, 1.54) is 19.3 Å². The maximum Gasteiger partial charge on any atom is 0.306 e. The van der Waals surface area contributed by atoms with E-state index in [1.807, 2.05) is 13.8 Å². The Hall–Kier alpha value is -1.31. The summed E-state index contributed by atoms with van der Waals surface area (Å²) in [7, 11) is 0. The van der Waals surface area contributed by atoms with E-state index < -0.39 is 5.97 Å². The number of carboxylic acids is 1. The van der Waals surface area contributed by atoms with Gasteiger partial charge in [0.2, 0.25) is 0 Å². The summed E-state index contributed by atoms with van der Waals surface area (Å²) in [4.78, 5) is 17.0. The molecule has 3 rings (SSSR count). The molecule has 0 bridgehead atoms. The fourth-order valence-electron chi connectivity index (χ4n) is 9.81. The smallest absolute Gasteiger partial charge is 0.306 e. The molecule has 4 unspecified atom stereocenters. The number of allylic oxidation sites excluding steroid dienone is 1. The lowest BCUT2D eigenvalue weighted by Gasteiger charge is -2.71. The zero-order valence-corrected chi connectivity index (χ0v) is 25.5. The molecule has 0 heterocycles.